The summed E-state index contributed by atoms with van der Waals surface area (Å²) in [6.07, 6.45) is 0.808. The standard InChI is InChI=1S/C9H22N2O/c1-4-8(2)6-11(3)7-9(12)5-10/h8-9,12H,4-7,10H2,1-3H3. The Hall–Kier alpha value is -0.120. The van der Waals surface area contributed by atoms with Gasteiger partial charge in [-0.2, -0.15) is 0 Å². The second-order valence-corrected chi connectivity index (χ2v) is 3.62. The number of nitrogens with two attached hydrogens (primary N) is 1. The van der Waals surface area contributed by atoms with Crippen molar-refractivity contribution in [3.63, 3.8) is 0 Å². The molecule has 0 amide bonds. The molecule has 0 aliphatic heterocycles. The molecule has 0 rings (SSSR count). The third kappa shape index (κ3) is 5.52. The quantitative estimate of drug-likeness (QED) is 0.608. The van der Waals surface area contributed by atoms with Gasteiger partial charge in [-0.3, -0.25) is 0 Å². The molecule has 0 aromatic rings. The number of nitrogens with zero attached hydrogens (tertiary/aromatic N) is 1. The minimum absolute atomic E-state index is 0.352. The Balaban J connectivity index is 3.51. The highest BCUT2D eigenvalue weighted by Gasteiger charge is 2.08. The summed E-state index contributed by atoms with van der Waals surface area (Å²) in [6.45, 7) is 6.46. The van der Waals surface area contributed by atoms with E-state index in [2.05, 4.69) is 18.7 Å². The third-order valence-corrected chi connectivity index (χ3v) is 2.11. The van der Waals surface area contributed by atoms with Crippen LogP contribution >= 0.6 is 0 Å². The van der Waals surface area contributed by atoms with E-state index in [0.29, 0.717) is 19.0 Å². The van der Waals surface area contributed by atoms with Crippen LogP contribution in [0.25, 0.3) is 0 Å². The van der Waals surface area contributed by atoms with Crippen molar-refractivity contribution in [2.45, 2.75) is 26.4 Å². The smallest absolute Gasteiger partial charge is 0.0788 e. The van der Waals surface area contributed by atoms with Crippen molar-refractivity contribution >= 4 is 0 Å². The van der Waals surface area contributed by atoms with E-state index in [1.165, 1.54) is 6.42 Å². The zero-order chi connectivity index (χ0) is 9.56. The molecule has 12 heavy (non-hydrogen) atoms. The number of likely N-dealkylation sites (N-methyl/N-ethyl adjacent to an activating group) is 1. The fourth-order valence-corrected chi connectivity index (χ4v) is 1.17. The molecule has 0 aromatic heterocycles. The first kappa shape index (κ1) is 11.9. The minimum atomic E-state index is -0.376. The summed E-state index contributed by atoms with van der Waals surface area (Å²) in [5.74, 6) is 0.694. The van der Waals surface area contributed by atoms with Gasteiger partial charge in [-0.25, -0.2) is 0 Å². The molecule has 3 nitrogen and oxygen atoms in total. The van der Waals surface area contributed by atoms with Crippen molar-refractivity contribution in [1.29, 1.82) is 0 Å². The molecule has 74 valence electrons. The lowest BCUT2D eigenvalue weighted by Crippen LogP contribution is -2.36. The highest BCUT2D eigenvalue weighted by molar-refractivity contribution is 4.63. The Kier molecular flexibility index (Phi) is 6.34. The topological polar surface area (TPSA) is 49.5 Å². The lowest BCUT2D eigenvalue weighted by Gasteiger charge is -2.22. The first-order valence-corrected chi connectivity index (χ1v) is 4.66. The molecule has 0 aromatic carbocycles. The average molecular weight is 174 g/mol. The molecule has 2 unspecified atom stereocenters. The Bertz CT molecular complexity index is 96.7. The fraction of sp³-hybridized carbons (Fsp3) is 1.00. The van der Waals surface area contributed by atoms with Gasteiger partial charge in [0.25, 0.3) is 0 Å². The third-order valence-electron chi connectivity index (χ3n) is 2.11. The van der Waals surface area contributed by atoms with Crippen molar-refractivity contribution in [2.24, 2.45) is 11.7 Å². The van der Waals surface area contributed by atoms with Crippen molar-refractivity contribution < 1.29 is 5.11 Å². The maximum absolute atomic E-state index is 9.25. The second-order valence-electron chi connectivity index (χ2n) is 3.62. The summed E-state index contributed by atoms with van der Waals surface area (Å²) in [5.41, 5.74) is 5.31. The Morgan fingerprint density at radius 3 is 2.42 bits per heavy atom. The molecule has 0 fully saturated rings. The van der Waals surface area contributed by atoms with Crippen LogP contribution in [0.1, 0.15) is 20.3 Å². The Morgan fingerprint density at radius 1 is 1.42 bits per heavy atom. The van der Waals surface area contributed by atoms with Gasteiger partial charge >= 0.3 is 0 Å². The van der Waals surface area contributed by atoms with Gasteiger partial charge in [0, 0.05) is 19.6 Å². The summed E-state index contributed by atoms with van der Waals surface area (Å²) < 4.78 is 0. The predicted octanol–water partition coefficient (Wildman–Crippen LogP) is 0.284. The van der Waals surface area contributed by atoms with Gasteiger partial charge in [-0.05, 0) is 13.0 Å². The maximum atomic E-state index is 9.25. The van der Waals surface area contributed by atoms with Crippen molar-refractivity contribution in [2.75, 3.05) is 26.7 Å². The normalized spacial score (nSPS) is 16.5. The van der Waals surface area contributed by atoms with Gasteiger partial charge in [0.05, 0.1) is 6.10 Å². The van der Waals surface area contributed by atoms with E-state index in [0.717, 1.165) is 6.54 Å². The molecule has 0 aliphatic rings. The summed E-state index contributed by atoms with van der Waals surface area (Å²) >= 11 is 0. The molecular formula is C9H22N2O. The lowest BCUT2D eigenvalue weighted by atomic mass is 10.1. The van der Waals surface area contributed by atoms with Crippen molar-refractivity contribution in [1.82, 2.24) is 4.90 Å². The zero-order valence-corrected chi connectivity index (χ0v) is 8.45. The maximum Gasteiger partial charge on any atom is 0.0788 e. The van der Waals surface area contributed by atoms with Gasteiger partial charge in [0.1, 0.15) is 0 Å². The molecule has 3 N–H and O–H groups in total. The van der Waals surface area contributed by atoms with E-state index < -0.39 is 0 Å². The van der Waals surface area contributed by atoms with E-state index in [9.17, 15) is 5.11 Å². The summed E-state index contributed by atoms with van der Waals surface area (Å²) in [4.78, 5) is 2.13. The molecule has 0 saturated carbocycles. The van der Waals surface area contributed by atoms with E-state index in [4.69, 9.17) is 5.73 Å². The van der Waals surface area contributed by atoms with E-state index >= 15 is 0 Å². The molecular weight excluding hydrogens is 152 g/mol. The molecule has 0 saturated heterocycles. The van der Waals surface area contributed by atoms with Crippen LogP contribution in [0.5, 0.6) is 0 Å². The summed E-state index contributed by atoms with van der Waals surface area (Å²) in [5, 5.41) is 9.25. The second kappa shape index (κ2) is 6.40. The van der Waals surface area contributed by atoms with Crippen LogP contribution in [-0.4, -0.2) is 42.8 Å². The van der Waals surface area contributed by atoms with Crippen LogP contribution in [0.15, 0.2) is 0 Å². The van der Waals surface area contributed by atoms with Crippen LogP contribution in [0.4, 0.5) is 0 Å². The van der Waals surface area contributed by atoms with E-state index in [1.807, 2.05) is 7.05 Å². The monoisotopic (exact) mass is 174 g/mol. The van der Waals surface area contributed by atoms with Gasteiger partial charge in [0.15, 0.2) is 0 Å². The molecule has 0 radical (unpaired) electrons. The van der Waals surface area contributed by atoms with Crippen LogP contribution in [0.2, 0.25) is 0 Å². The summed E-state index contributed by atoms with van der Waals surface area (Å²) in [6, 6.07) is 0. The minimum Gasteiger partial charge on any atom is -0.390 e. The number of hydrogen-bond donors (Lipinski definition) is 2. The SMILES string of the molecule is CCC(C)CN(C)CC(O)CN. The lowest BCUT2D eigenvalue weighted by molar-refractivity contribution is 0.125. The van der Waals surface area contributed by atoms with Crippen LogP contribution < -0.4 is 5.73 Å². The van der Waals surface area contributed by atoms with Crippen LogP contribution in [0.3, 0.4) is 0 Å². The highest BCUT2D eigenvalue weighted by atomic mass is 16.3. The van der Waals surface area contributed by atoms with Crippen LogP contribution in [0, 0.1) is 5.92 Å². The van der Waals surface area contributed by atoms with Gasteiger partial charge in [-0.1, -0.05) is 20.3 Å². The molecule has 0 spiro atoms. The molecule has 0 heterocycles. The van der Waals surface area contributed by atoms with Crippen molar-refractivity contribution in [3.8, 4) is 0 Å². The fourth-order valence-electron chi connectivity index (χ4n) is 1.17. The number of aliphatic hydroxyl groups is 1. The molecule has 3 heteroatoms. The first-order chi connectivity index (χ1) is 5.60. The number of rotatable bonds is 6. The molecule has 2 atom stereocenters. The highest BCUT2D eigenvalue weighted by Crippen LogP contribution is 2.02. The number of aliphatic hydroxyl groups excluding tert-OH is 1. The van der Waals surface area contributed by atoms with Crippen molar-refractivity contribution in [3.05, 3.63) is 0 Å². The Morgan fingerprint density at radius 2 is 2.00 bits per heavy atom. The first-order valence-electron chi connectivity index (χ1n) is 4.66. The van der Waals surface area contributed by atoms with Gasteiger partial charge in [0.2, 0.25) is 0 Å². The van der Waals surface area contributed by atoms with Gasteiger partial charge in [-0.15, -0.1) is 0 Å². The largest absolute Gasteiger partial charge is 0.390 e. The van der Waals surface area contributed by atoms with Crippen LogP contribution in [-0.2, 0) is 0 Å². The van der Waals surface area contributed by atoms with E-state index in [1.54, 1.807) is 0 Å². The molecule has 0 bridgehead atoms. The number of hydrogen-bond acceptors (Lipinski definition) is 3. The van der Waals surface area contributed by atoms with Gasteiger partial charge < -0.3 is 15.7 Å². The molecule has 0 aliphatic carbocycles. The average Bonchev–Trinajstić information content (AvgIpc) is 2.03. The Labute approximate surface area is 75.6 Å². The summed E-state index contributed by atoms with van der Waals surface area (Å²) in [7, 11) is 2.02. The zero-order valence-electron chi connectivity index (χ0n) is 8.45. The predicted molar refractivity (Wildman–Crippen MR) is 52.0 cm³/mol. The van der Waals surface area contributed by atoms with E-state index in [-0.39, 0.29) is 6.10 Å².